The molecular weight excluding hydrogens is 200 g/mol. The Morgan fingerprint density at radius 2 is 2.12 bits per heavy atom. The molecule has 0 heterocycles. The largest absolute Gasteiger partial charge is 0.465 e. The second-order valence-corrected chi connectivity index (χ2v) is 4.73. The van der Waals surface area contributed by atoms with Gasteiger partial charge >= 0.3 is 5.97 Å². The third-order valence-electron chi connectivity index (χ3n) is 3.66. The summed E-state index contributed by atoms with van der Waals surface area (Å²) < 4.78 is 5.24. The first-order chi connectivity index (χ1) is 7.69. The number of rotatable bonds is 5. The molecule has 92 valence electrons. The molecule has 1 aliphatic carbocycles. The summed E-state index contributed by atoms with van der Waals surface area (Å²) in [6.45, 7) is 6.90. The Bertz CT molecular complexity index is 245. The van der Waals surface area contributed by atoms with E-state index < -0.39 is 0 Å². The maximum absolute atomic E-state index is 11.1. The molecule has 0 amide bonds. The summed E-state index contributed by atoms with van der Waals surface area (Å²) in [4.78, 5) is 11.1. The molecule has 16 heavy (non-hydrogen) atoms. The standard InChI is InChI=1S/C14H24O2/c1-4-6-7-12-8-9-13(11(12)3)10-16-14(15)5-2/h6-7,11-13H,4-5,8-10H2,1-3H3. The van der Waals surface area contributed by atoms with Crippen molar-refractivity contribution in [1.29, 1.82) is 0 Å². The van der Waals surface area contributed by atoms with Crippen molar-refractivity contribution in [2.75, 3.05) is 6.61 Å². The van der Waals surface area contributed by atoms with Gasteiger partial charge in [0, 0.05) is 6.42 Å². The Kier molecular flexibility index (Phi) is 5.58. The number of hydrogen-bond acceptors (Lipinski definition) is 2. The average molecular weight is 224 g/mol. The first kappa shape index (κ1) is 13.3. The number of allylic oxidation sites excluding steroid dienone is 2. The van der Waals surface area contributed by atoms with Crippen LogP contribution in [0.5, 0.6) is 0 Å². The van der Waals surface area contributed by atoms with Crippen molar-refractivity contribution >= 4 is 5.97 Å². The highest BCUT2D eigenvalue weighted by Gasteiger charge is 2.31. The van der Waals surface area contributed by atoms with Crippen LogP contribution in [0.25, 0.3) is 0 Å². The van der Waals surface area contributed by atoms with Gasteiger partial charge < -0.3 is 4.74 Å². The zero-order valence-electron chi connectivity index (χ0n) is 10.7. The lowest BCUT2D eigenvalue weighted by atomic mass is 9.91. The molecule has 1 rings (SSSR count). The van der Waals surface area contributed by atoms with Crippen LogP contribution in [-0.4, -0.2) is 12.6 Å². The number of hydrogen-bond donors (Lipinski definition) is 0. The van der Waals surface area contributed by atoms with Crippen molar-refractivity contribution in [1.82, 2.24) is 0 Å². The summed E-state index contributed by atoms with van der Waals surface area (Å²) in [5.74, 6) is 1.82. The van der Waals surface area contributed by atoms with Crippen LogP contribution in [0.1, 0.15) is 46.5 Å². The predicted octanol–water partition coefficient (Wildman–Crippen LogP) is 3.57. The van der Waals surface area contributed by atoms with Gasteiger partial charge in [0.05, 0.1) is 6.61 Å². The Hall–Kier alpha value is -0.790. The zero-order valence-corrected chi connectivity index (χ0v) is 10.7. The summed E-state index contributed by atoms with van der Waals surface area (Å²) in [5, 5.41) is 0. The fourth-order valence-electron chi connectivity index (χ4n) is 2.40. The lowest BCUT2D eigenvalue weighted by Gasteiger charge is -2.18. The minimum absolute atomic E-state index is 0.0697. The Morgan fingerprint density at radius 1 is 1.38 bits per heavy atom. The van der Waals surface area contributed by atoms with Gasteiger partial charge in [0.15, 0.2) is 0 Å². The lowest BCUT2D eigenvalue weighted by Crippen LogP contribution is -2.17. The van der Waals surface area contributed by atoms with Gasteiger partial charge in [-0.15, -0.1) is 0 Å². The highest BCUT2D eigenvalue weighted by molar-refractivity contribution is 5.68. The first-order valence-electron chi connectivity index (χ1n) is 6.51. The van der Waals surface area contributed by atoms with Gasteiger partial charge in [-0.2, -0.15) is 0 Å². The molecule has 2 heteroatoms. The minimum Gasteiger partial charge on any atom is -0.465 e. The number of carbonyl (C=O) groups is 1. The molecule has 3 unspecified atom stereocenters. The highest BCUT2D eigenvalue weighted by Crippen LogP contribution is 2.37. The third kappa shape index (κ3) is 3.66. The van der Waals surface area contributed by atoms with Gasteiger partial charge in [-0.3, -0.25) is 4.79 Å². The summed E-state index contributed by atoms with van der Waals surface area (Å²) >= 11 is 0. The topological polar surface area (TPSA) is 26.3 Å². The van der Waals surface area contributed by atoms with Crippen LogP contribution < -0.4 is 0 Å². The first-order valence-corrected chi connectivity index (χ1v) is 6.51. The average Bonchev–Trinajstić information content (AvgIpc) is 2.64. The number of esters is 1. The summed E-state index contributed by atoms with van der Waals surface area (Å²) in [7, 11) is 0. The van der Waals surface area contributed by atoms with E-state index in [0.717, 1.165) is 6.42 Å². The number of carbonyl (C=O) groups excluding carboxylic acids is 1. The lowest BCUT2D eigenvalue weighted by molar-refractivity contribution is -0.144. The molecule has 0 aliphatic heterocycles. The van der Waals surface area contributed by atoms with Crippen LogP contribution in [0.3, 0.4) is 0 Å². The molecule has 0 saturated heterocycles. The molecule has 0 aromatic heterocycles. The molecule has 0 N–H and O–H groups in total. The van der Waals surface area contributed by atoms with E-state index in [-0.39, 0.29) is 5.97 Å². The van der Waals surface area contributed by atoms with Crippen molar-refractivity contribution in [3.63, 3.8) is 0 Å². The minimum atomic E-state index is -0.0697. The van der Waals surface area contributed by atoms with E-state index in [4.69, 9.17) is 4.74 Å². The summed E-state index contributed by atoms with van der Waals surface area (Å²) in [6, 6.07) is 0. The van der Waals surface area contributed by atoms with E-state index in [1.807, 2.05) is 6.92 Å². The molecular formula is C14H24O2. The van der Waals surface area contributed by atoms with Crippen molar-refractivity contribution < 1.29 is 9.53 Å². The third-order valence-corrected chi connectivity index (χ3v) is 3.66. The molecule has 1 saturated carbocycles. The van der Waals surface area contributed by atoms with Gasteiger partial charge in [0.2, 0.25) is 0 Å². The quantitative estimate of drug-likeness (QED) is 0.527. The van der Waals surface area contributed by atoms with Crippen LogP contribution in [0, 0.1) is 17.8 Å². The summed E-state index contributed by atoms with van der Waals surface area (Å²) in [6.07, 6.45) is 8.62. The molecule has 1 fully saturated rings. The van der Waals surface area contributed by atoms with Crippen LogP contribution in [-0.2, 0) is 9.53 Å². The van der Waals surface area contributed by atoms with Gasteiger partial charge in [-0.05, 0) is 37.0 Å². The second kappa shape index (κ2) is 6.72. The molecule has 3 atom stereocenters. The molecule has 2 nitrogen and oxygen atoms in total. The van der Waals surface area contributed by atoms with Crippen molar-refractivity contribution in [2.24, 2.45) is 17.8 Å². The Labute approximate surface area is 99.1 Å². The molecule has 0 aromatic rings. The van der Waals surface area contributed by atoms with Gasteiger partial charge in [0.1, 0.15) is 0 Å². The predicted molar refractivity (Wildman–Crippen MR) is 66.1 cm³/mol. The van der Waals surface area contributed by atoms with Crippen LogP contribution in [0.15, 0.2) is 12.2 Å². The fraction of sp³-hybridized carbons (Fsp3) is 0.786. The smallest absolute Gasteiger partial charge is 0.305 e. The molecule has 0 spiro atoms. The molecule has 0 aromatic carbocycles. The molecule has 0 radical (unpaired) electrons. The number of ether oxygens (including phenoxy) is 1. The van der Waals surface area contributed by atoms with E-state index in [0.29, 0.717) is 30.8 Å². The summed E-state index contributed by atoms with van der Waals surface area (Å²) in [5.41, 5.74) is 0. The SMILES string of the molecule is CCC=CC1CCC(COC(=O)CC)C1C. The van der Waals surface area contributed by atoms with Crippen molar-refractivity contribution in [2.45, 2.75) is 46.5 Å². The van der Waals surface area contributed by atoms with E-state index in [1.54, 1.807) is 0 Å². The van der Waals surface area contributed by atoms with Gasteiger partial charge in [-0.1, -0.05) is 32.9 Å². The van der Waals surface area contributed by atoms with Crippen LogP contribution in [0.4, 0.5) is 0 Å². The maximum atomic E-state index is 11.1. The van der Waals surface area contributed by atoms with E-state index in [1.165, 1.54) is 12.8 Å². The van der Waals surface area contributed by atoms with E-state index in [9.17, 15) is 4.79 Å². The zero-order chi connectivity index (χ0) is 12.0. The maximum Gasteiger partial charge on any atom is 0.305 e. The van der Waals surface area contributed by atoms with E-state index in [2.05, 4.69) is 26.0 Å². The van der Waals surface area contributed by atoms with Crippen LogP contribution >= 0.6 is 0 Å². The fourth-order valence-corrected chi connectivity index (χ4v) is 2.40. The van der Waals surface area contributed by atoms with Crippen LogP contribution in [0.2, 0.25) is 0 Å². The van der Waals surface area contributed by atoms with Crippen molar-refractivity contribution in [3.05, 3.63) is 12.2 Å². The molecule has 1 aliphatic rings. The van der Waals surface area contributed by atoms with E-state index >= 15 is 0 Å². The molecule has 0 bridgehead atoms. The van der Waals surface area contributed by atoms with Crippen molar-refractivity contribution in [3.8, 4) is 0 Å². The van der Waals surface area contributed by atoms with Gasteiger partial charge in [-0.25, -0.2) is 0 Å². The highest BCUT2D eigenvalue weighted by atomic mass is 16.5. The monoisotopic (exact) mass is 224 g/mol. The normalized spacial score (nSPS) is 29.8. The second-order valence-electron chi connectivity index (χ2n) is 4.73. The Balaban J connectivity index is 2.35. The van der Waals surface area contributed by atoms with Gasteiger partial charge in [0.25, 0.3) is 0 Å². The Morgan fingerprint density at radius 3 is 2.75 bits per heavy atom.